The predicted molar refractivity (Wildman–Crippen MR) is 124 cm³/mol. The molecule has 2 heterocycles. The van der Waals surface area contributed by atoms with Crippen LogP contribution in [0.3, 0.4) is 0 Å². The molecule has 1 saturated heterocycles. The van der Waals surface area contributed by atoms with E-state index < -0.39 is 0 Å². The van der Waals surface area contributed by atoms with Gasteiger partial charge in [0.2, 0.25) is 5.91 Å². The summed E-state index contributed by atoms with van der Waals surface area (Å²) in [7, 11) is 1.84. The number of hydrogen-bond acceptors (Lipinski definition) is 4. The first-order valence-electron chi connectivity index (χ1n) is 10.9. The van der Waals surface area contributed by atoms with E-state index in [1.807, 2.05) is 43.6 Å². The van der Waals surface area contributed by atoms with Gasteiger partial charge in [0.15, 0.2) is 0 Å². The van der Waals surface area contributed by atoms with E-state index in [9.17, 15) is 4.79 Å². The third-order valence-corrected chi connectivity index (χ3v) is 5.85. The number of nitrogens with one attached hydrogen (secondary N) is 1. The van der Waals surface area contributed by atoms with Gasteiger partial charge in [0.1, 0.15) is 5.82 Å². The fourth-order valence-electron chi connectivity index (χ4n) is 3.82. The third kappa shape index (κ3) is 6.99. The minimum atomic E-state index is 0.0918. The predicted octanol–water partition coefficient (Wildman–Crippen LogP) is 4.64. The smallest absolute Gasteiger partial charge is 0.224 e. The highest BCUT2D eigenvalue weighted by Crippen LogP contribution is 2.18. The highest BCUT2D eigenvalue weighted by atomic mass is 35.5. The molecule has 30 heavy (non-hydrogen) atoms. The van der Waals surface area contributed by atoms with Crippen molar-refractivity contribution in [2.24, 2.45) is 0 Å². The van der Waals surface area contributed by atoms with Crippen LogP contribution in [-0.4, -0.2) is 42.0 Å². The molecule has 0 saturated carbocycles. The Morgan fingerprint density at radius 1 is 1.17 bits per heavy atom. The second-order valence-corrected chi connectivity index (χ2v) is 8.73. The van der Waals surface area contributed by atoms with Crippen LogP contribution in [0, 0.1) is 0 Å². The second-order valence-electron chi connectivity index (χ2n) is 8.29. The Bertz CT molecular complexity index is 820. The number of hydrogen-bond donors (Lipinski definition) is 1. The Morgan fingerprint density at radius 3 is 2.67 bits per heavy atom. The van der Waals surface area contributed by atoms with Crippen molar-refractivity contribution in [3.05, 3.63) is 58.7 Å². The first kappa shape index (κ1) is 22.6. The van der Waals surface area contributed by atoms with Gasteiger partial charge in [0, 0.05) is 56.9 Å². The Labute approximate surface area is 185 Å². The van der Waals surface area contributed by atoms with E-state index in [1.165, 1.54) is 31.2 Å². The van der Waals surface area contributed by atoms with Crippen molar-refractivity contribution >= 4 is 23.3 Å². The van der Waals surface area contributed by atoms with E-state index >= 15 is 0 Å². The number of benzene rings is 1. The number of rotatable bonds is 8. The molecule has 162 valence electrons. The zero-order valence-electron chi connectivity index (χ0n) is 18.1. The SMILES string of the molecule is C[C@@H](CC(=O)N(C)Cc1cccc(Cl)c1)NCc1ccnc(N2CCCCCC2)c1. The largest absolute Gasteiger partial charge is 0.357 e. The van der Waals surface area contributed by atoms with Crippen LogP contribution < -0.4 is 10.2 Å². The lowest BCUT2D eigenvalue weighted by Crippen LogP contribution is -2.34. The summed E-state index contributed by atoms with van der Waals surface area (Å²) in [6.45, 7) is 5.54. The molecule has 0 bridgehead atoms. The van der Waals surface area contributed by atoms with Crippen molar-refractivity contribution in [3.63, 3.8) is 0 Å². The molecular formula is C24H33ClN4O. The van der Waals surface area contributed by atoms with E-state index in [4.69, 9.17) is 11.6 Å². The minimum Gasteiger partial charge on any atom is -0.357 e. The monoisotopic (exact) mass is 428 g/mol. The molecule has 1 aliphatic rings. The highest BCUT2D eigenvalue weighted by Gasteiger charge is 2.15. The summed E-state index contributed by atoms with van der Waals surface area (Å²) >= 11 is 6.04. The van der Waals surface area contributed by atoms with Crippen LogP contribution in [0.1, 0.15) is 50.2 Å². The maximum absolute atomic E-state index is 12.6. The summed E-state index contributed by atoms with van der Waals surface area (Å²) < 4.78 is 0. The fraction of sp³-hybridized carbons (Fsp3) is 0.500. The average Bonchev–Trinajstić information content (AvgIpc) is 3.02. The molecule has 0 radical (unpaired) electrons. The molecule has 3 rings (SSSR count). The molecule has 1 amide bonds. The molecule has 1 fully saturated rings. The summed E-state index contributed by atoms with van der Waals surface area (Å²) in [4.78, 5) is 21.3. The molecule has 0 unspecified atom stereocenters. The third-order valence-electron chi connectivity index (χ3n) is 5.61. The number of nitrogens with zero attached hydrogens (tertiary/aromatic N) is 3. The summed E-state index contributed by atoms with van der Waals surface area (Å²) in [5.74, 6) is 1.19. The topological polar surface area (TPSA) is 48.5 Å². The van der Waals surface area contributed by atoms with Crippen molar-refractivity contribution in [3.8, 4) is 0 Å². The Hall–Kier alpha value is -2.11. The van der Waals surface area contributed by atoms with Crippen LogP contribution in [0.5, 0.6) is 0 Å². The zero-order valence-corrected chi connectivity index (χ0v) is 18.9. The molecule has 1 aromatic heterocycles. The van der Waals surface area contributed by atoms with E-state index in [0.29, 0.717) is 18.0 Å². The van der Waals surface area contributed by atoms with Gasteiger partial charge in [0.05, 0.1) is 0 Å². The van der Waals surface area contributed by atoms with Crippen molar-refractivity contribution < 1.29 is 4.79 Å². The number of pyridine rings is 1. The van der Waals surface area contributed by atoms with Crippen molar-refractivity contribution in [2.75, 3.05) is 25.0 Å². The number of amides is 1. The van der Waals surface area contributed by atoms with Gasteiger partial charge in [-0.25, -0.2) is 4.98 Å². The standard InChI is InChI=1S/C24H33ClN4O/c1-19(14-24(30)28(2)18-21-8-7-9-22(25)15-21)27-17-20-10-11-26-23(16-20)29-12-5-3-4-6-13-29/h7-11,15-16,19,27H,3-6,12-14,17-18H2,1-2H3/t19-/m0/s1. The van der Waals surface area contributed by atoms with Crippen molar-refractivity contribution in [1.29, 1.82) is 0 Å². The van der Waals surface area contributed by atoms with Gasteiger partial charge in [-0.15, -0.1) is 0 Å². The van der Waals surface area contributed by atoms with Gasteiger partial charge in [-0.2, -0.15) is 0 Å². The normalized spacial score (nSPS) is 15.5. The van der Waals surface area contributed by atoms with Crippen LogP contribution in [0.4, 0.5) is 5.82 Å². The number of carbonyl (C=O) groups excluding carboxylic acids is 1. The van der Waals surface area contributed by atoms with Gasteiger partial charge in [-0.05, 0) is 55.2 Å². The van der Waals surface area contributed by atoms with Crippen LogP contribution in [0.2, 0.25) is 5.02 Å². The van der Waals surface area contributed by atoms with Crippen LogP contribution in [-0.2, 0) is 17.9 Å². The number of halogens is 1. The molecule has 1 aromatic carbocycles. The average molecular weight is 429 g/mol. The molecule has 5 nitrogen and oxygen atoms in total. The van der Waals surface area contributed by atoms with E-state index in [0.717, 1.165) is 31.0 Å². The lowest BCUT2D eigenvalue weighted by Gasteiger charge is -2.22. The van der Waals surface area contributed by atoms with E-state index in [2.05, 4.69) is 28.2 Å². The molecule has 0 aliphatic carbocycles. The van der Waals surface area contributed by atoms with Gasteiger partial charge in [-0.1, -0.05) is 36.6 Å². The van der Waals surface area contributed by atoms with Gasteiger partial charge in [-0.3, -0.25) is 4.79 Å². The first-order valence-corrected chi connectivity index (χ1v) is 11.3. The first-order chi connectivity index (χ1) is 14.5. The minimum absolute atomic E-state index is 0.0918. The van der Waals surface area contributed by atoms with E-state index in [-0.39, 0.29) is 11.9 Å². The molecular weight excluding hydrogens is 396 g/mol. The van der Waals surface area contributed by atoms with Gasteiger partial charge in [0.25, 0.3) is 0 Å². The quantitative estimate of drug-likeness (QED) is 0.665. The van der Waals surface area contributed by atoms with Crippen LogP contribution in [0.25, 0.3) is 0 Å². The maximum Gasteiger partial charge on any atom is 0.224 e. The molecule has 1 N–H and O–H groups in total. The molecule has 1 aliphatic heterocycles. The van der Waals surface area contributed by atoms with Crippen LogP contribution in [0.15, 0.2) is 42.6 Å². The second kappa shape index (κ2) is 11.3. The highest BCUT2D eigenvalue weighted by molar-refractivity contribution is 6.30. The summed E-state index contributed by atoms with van der Waals surface area (Å²) in [6, 6.07) is 12.0. The molecule has 1 atom stereocenters. The van der Waals surface area contributed by atoms with Gasteiger partial charge >= 0.3 is 0 Å². The van der Waals surface area contributed by atoms with Crippen LogP contribution >= 0.6 is 11.6 Å². The maximum atomic E-state index is 12.6. The lowest BCUT2D eigenvalue weighted by molar-refractivity contribution is -0.130. The van der Waals surface area contributed by atoms with E-state index in [1.54, 1.807) is 4.90 Å². The Balaban J connectivity index is 1.47. The van der Waals surface area contributed by atoms with Gasteiger partial charge < -0.3 is 15.1 Å². The summed E-state index contributed by atoms with van der Waals surface area (Å²) in [5.41, 5.74) is 2.24. The fourth-order valence-corrected chi connectivity index (χ4v) is 4.04. The number of carbonyl (C=O) groups is 1. The Kier molecular flexibility index (Phi) is 8.52. The summed E-state index contributed by atoms with van der Waals surface area (Å²) in [5, 5.41) is 4.18. The molecule has 2 aromatic rings. The molecule has 0 spiro atoms. The zero-order chi connectivity index (χ0) is 21.3. The summed E-state index contributed by atoms with van der Waals surface area (Å²) in [6.07, 6.45) is 7.47. The Morgan fingerprint density at radius 2 is 1.93 bits per heavy atom. The van der Waals surface area contributed by atoms with Crippen molar-refractivity contribution in [2.45, 2.75) is 58.2 Å². The van der Waals surface area contributed by atoms with Crippen molar-refractivity contribution in [1.82, 2.24) is 15.2 Å². The number of anilines is 1. The molecule has 6 heteroatoms. The lowest BCUT2D eigenvalue weighted by atomic mass is 10.1. The number of aromatic nitrogens is 1.